The maximum Gasteiger partial charge on any atom is 0.222 e. The van der Waals surface area contributed by atoms with Crippen molar-refractivity contribution in [2.75, 3.05) is 13.2 Å². The first-order valence-corrected chi connectivity index (χ1v) is 9.30. The summed E-state index contributed by atoms with van der Waals surface area (Å²) in [5.74, 6) is 1.35. The molecular weight excluding hydrogens is 316 g/mol. The summed E-state index contributed by atoms with van der Waals surface area (Å²) in [5.41, 5.74) is 7.10. The fourth-order valence-electron chi connectivity index (χ4n) is 3.54. The summed E-state index contributed by atoms with van der Waals surface area (Å²) in [5, 5.41) is 6.35. The summed E-state index contributed by atoms with van der Waals surface area (Å²) in [6, 6.07) is 8.40. The van der Waals surface area contributed by atoms with E-state index in [1.165, 1.54) is 19.3 Å². The number of nitrogens with one attached hydrogen (secondary N) is 2. The predicted octanol–water partition coefficient (Wildman–Crippen LogP) is 2.25. The largest absolute Gasteiger partial charge is 0.493 e. The SMILES string of the molecule is NC(=NCCC(=O)NC1CCCCC1)NC1CCOc2ccccc21. The summed E-state index contributed by atoms with van der Waals surface area (Å²) >= 11 is 0. The standard InChI is InChI=1S/C19H28N4O2/c20-19(21-12-10-18(24)22-14-6-2-1-3-7-14)23-16-11-13-25-17-9-5-4-8-15(16)17/h4-5,8-9,14,16H,1-3,6-7,10-13H2,(H,22,24)(H3,20,21,23). The van der Waals surface area contributed by atoms with Gasteiger partial charge < -0.3 is 21.1 Å². The Morgan fingerprint density at radius 2 is 1.96 bits per heavy atom. The lowest BCUT2D eigenvalue weighted by Gasteiger charge is -2.27. The Labute approximate surface area is 149 Å². The van der Waals surface area contributed by atoms with Crippen molar-refractivity contribution in [3.63, 3.8) is 0 Å². The van der Waals surface area contributed by atoms with Gasteiger partial charge >= 0.3 is 0 Å². The average molecular weight is 344 g/mol. The minimum Gasteiger partial charge on any atom is -0.493 e. The van der Waals surface area contributed by atoms with Gasteiger partial charge in [0, 0.05) is 24.4 Å². The van der Waals surface area contributed by atoms with Crippen molar-refractivity contribution in [1.29, 1.82) is 0 Å². The molecule has 1 aromatic carbocycles. The molecule has 0 spiro atoms. The zero-order valence-electron chi connectivity index (χ0n) is 14.7. The van der Waals surface area contributed by atoms with Crippen LogP contribution in [0, 0.1) is 0 Å². The van der Waals surface area contributed by atoms with Crippen molar-refractivity contribution in [2.45, 2.75) is 57.0 Å². The van der Waals surface area contributed by atoms with Crippen LogP contribution in [0.1, 0.15) is 56.6 Å². The van der Waals surface area contributed by atoms with Crippen LogP contribution in [0.15, 0.2) is 29.3 Å². The highest BCUT2D eigenvalue weighted by Gasteiger charge is 2.21. The van der Waals surface area contributed by atoms with Crippen LogP contribution in [0.25, 0.3) is 0 Å². The maximum atomic E-state index is 12.0. The molecule has 25 heavy (non-hydrogen) atoms. The van der Waals surface area contributed by atoms with Gasteiger partial charge in [-0.05, 0) is 18.9 Å². The van der Waals surface area contributed by atoms with Crippen LogP contribution < -0.4 is 21.1 Å². The molecule has 2 aliphatic rings. The number of rotatable bonds is 5. The van der Waals surface area contributed by atoms with Crippen LogP contribution in [0.5, 0.6) is 5.75 Å². The first-order chi connectivity index (χ1) is 12.2. The molecule has 3 rings (SSSR count). The normalized spacial score (nSPS) is 21.1. The third kappa shape index (κ3) is 5.11. The molecule has 1 aliphatic heterocycles. The Morgan fingerprint density at radius 1 is 1.16 bits per heavy atom. The second-order valence-electron chi connectivity index (χ2n) is 6.79. The number of fused-ring (bicyclic) bond motifs is 1. The van der Waals surface area contributed by atoms with Gasteiger partial charge in [0.05, 0.1) is 19.2 Å². The van der Waals surface area contributed by atoms with Crippen molar-refractivity contribution in [2.24, 2.45) is 10.7 Å². The average Bonchev–Trinajstić information content (AvgIpc) is 2.63. The van der Waals surface area contributed by atoms with Gasteiger partial charge in [-0.1, -0.05) is 37.5 Å². The Balaban J connectivity index is 1.44. The third-order valence-electron chi connectivity index (χ3n) is 4.87. The number of amides is 1. The van der Waals surface area contributed by atoms with Crippen LogP contribution in [0.4, 0.5) is 0 Å². The van der Waals surface area contributed by atoms with Crippen LogP contribution in [0.3, 0.4) is 0 Å². The molecule has 0 saturated heterocycles. The first-order valence-electron chi connectivity index (χ1n) is 9.30. The molecule has 6 nitrogen and oxygen atoms in total. The zero-order chi connectivity index (χ0) is 17.5. The van der Waals surface area contributed by atoms with E-state index < -0.39 is 0 Å². The van der Waals surface area contributed by atoms with Gasteiger partial charge in [0.15, 0.2) is 5.96 Å². The number of nitrogens with two attached hydrogens (primary N) is 1. The molecule has 1 heterocycles. The molecule has 1 fully saturated rings. The molecule has 1 atom stereocenters. The van der Waals surface area contributed by atoms with E-state index in [9.17, 15) is 4.79 Å². The Hall–Kier alpha value is -2.24. The van der Waals surface area contributed by atoms with E-state index >= 15 is 0 Å². The topological polar surface area (TPSA) is 88.7 Å². The lowest BCUT2D eigenvalue weighted by Crippen LogP contribution is -2.38. The van der Waals surface area contributed by atoms with E-state index in [4.69, 9.17) is 10.5 Å². The molecule has 0 aromatic heterocycles. The number of hydrogen-bond acceptors (Lipinski definition) is 3. The molecular formula is C19H28N4O2. The van der Waals surface area contributed by atoms with Gasteiger partial charge in [-0.2, -0.15) is 0 Å². The highest BCUT2D eigenvalue weighted by molar-refractivity contribution is 5.80. The Kier molecular flexibility index (Phi) is 6.14. The minimum absolute atomic E-state index is 0.0693. The number of carbonyl (C=O) groups excluding carboxylic acids is 1. The molecule has 6 heteroatoms. The fraction of sp³-hybridized carbons (Fsp3) is 0.579. The number of nitrogens with zero attached hydrogens (tertiary/aromatic N) is 1. The van der Waals surface area contributed by atoms with E-state index in [1.807, 2.05) is 24.3 Å². The quantitative estimate of drug-likeness (QED) is 0.565. The highest BCUT2D eigenvalue weighted by atomic mass is 16.5. The van der Waals surface area contributed by atoms with Gasteiger partial charge in [0.1, 0.15) is 5.75 Å². The number of hydrogen-bond donors (Lipinski definition) is 3. The van der Waals surface area contributed by atoms with Crippen molar-refractivity contribution < 1.29 is 9.53 Å². The van der Waals surface area contributed by atoms with E-state index in [0.717, 1.165) is 30.6 Å². The van der Waals surface area contributed by atoms with Gasteiger partial charge in [0.2, 0.25) is 5.91 Å². The smallest absolute Gasteiger partial charge is 0.222 e. The van der Waals surface area contributed by atoms with Crippen molar-refractivity contribution >= 4 is 11.9 Å². The third-order valence-corrected chi connectivity index (χ3v) is 4.87. The maximum absolute atomic E-state index is 12.0. The fourth-order valence-corrected chi connectivity index (χ4v) is 3.54. The molecule has 0 radical (unpaired) electrons. The monoisotopic (exact) mass is 344 g/mol. The Morgan fingerprint density at radius 3 is 2.80 bits per heavy atom. The number of benzene rings is 1. The number of carbonyl (C=O) groups is 1. The second-order valence-corrected chi connectivity index (χ2v) is 6.79. The van der Waals surface area contributed by atoms with Crippen LogP contribution in [-0.2, 0) is 4.79 Å². The number of ether oxygens (including phenoxy) is 1. The first kappa shape index (κ1) is 17.6. The van der Waals surface area contributed by atoms with Gasteiger partial charge in [0.25, 0.3) is 0 Å². The Bertz CT molecular complexity index is 611. The van der Waals surface area contributed by atoms with E-state index in [2.05, 4.69) is 15.6 Å². The molecule has 1 saturated carbocycles. The number of aliphatic imine (C=N–C) groups is 1. The molecule has 4 N–H and O–H groups in total. The van der Waals surface area contributed by atoms with Crippen molar-refractivity contribution in [1.82, 2.24) is 10.6 Å². The lowest BCUT2D eigenvalue weighted by molar-refractivity contribution is -0.121. The molecule has 1 aliphatic carbocycles. The van der Waals surface area contributed by atoms with Crippen molar-refractivity contribution in [3.05, 3.63) is 29.8 Å². The summed E-state index contributed by atoms with van der Waals surface area (Å²) in [7, 11) is 0. The van der Waals surface area contributed by atoms with Gasteiger partial charge in [-0.15, -0.1) is 0 Å². The summed E-state index contributed by atoms with van der Waals surface area (Å²) in [6.45, 7) is 1.06. The summed E-state index contributed by atoms with van der Waals surface area (Å²) < 4.78 is 5.65. The molecule has 1 unspecified atom stereocenters. The van der Waals surface area contributed by atoms with Crippen molar-refractivity contribution in [3.8, 4) is 5.75 Å². The van der Waals surface area contributed by atoms with Gasteiger partial charge in [-0.3, -0.25) is 9.79 Å². The number of para-hydroxylation sites is 1. The molecule has 1 amide bonds. The van der Waals surface area contributed by atoms with Crippen LogP contribution in [-0.4, -0.2) is 31.1 Å². The van der Waals surface area contributed by atoms with Gasteiger partial charge in [-0.25, -0.2) is 0 Å². The summed E-state index contributed by atoms with van der Waals surface area (Å²) in [4.78, 5) is 16.3. The van der Waals surface area contributed by atoms with Crippen LogP contribution in [0.2, 0.25) is 0 Å². The number of guanidine groups is 1. The van der Waals surface area contributed by atoms with E-state index in [0.29, 0.717) is 31.6 Å². The zero-order valence-corrected chi connectivity index (χ0v) is 14.7. The highest BCUT2D eigenvalue weighted by Crippen LogP contribution is 2.31. The predicted molar refractivity (Wildman–Crippen MR) is 98.6 cm³/mol. The molecule has 1 aromatic rings. The molecule has 0 bridgehead atoms. The molecule has 136 valence electrons. The minimum atomic E-state index is 0.0693. The lowest BCUT2D eigenvalue weighted by atomic mass is 9.95. The second kappa shape index (κ2) is 8.74. The van der Waals surface area contributed by atoms with E-state index in [-0.39, 0.29) is 11.9 Å². The van der Waals surface area contributed by atoms with E-state index in [1.54, 1.807) is 0 Å². The van der Waals surface area contributed by atoms with Crippen LogP contribution >= 0.6 is 0 Å². The summed E-state index contributed by atoms with van der Waals surface area (Å²) in [6.07, 6.45) is 7.13.